The quantitative estimate of drug-likeness (QED) is 0.760. The first-order chi connectivity index (χ1) is 6.70. The average molecular weight is 190 g/mol. The first-order valence-corrected chi connectivity index (χ1v) is 5.46. The Morgan fingerprint density at radius 1 is 1.29 bits per heavy atom. The van der Waals surface area contributed by atoms with Gasteiger partial charge in [0, 0.05) is 5.92 Å². The highest BCUT2D eigenvalue weighted by Gasteiger charge is 2.29. The highest BCUT2D eigenvalue weighted by Crippen LogP contribution is 2.37. The lowest BCUT2D eigenvalue weighted by Crippen LogP contribution is -2.22. The monoisotopic (exact) mass is 190 g/mol. The molecule has 2 atom stereocenters. The van der Waals surface area contributed by atoms with E-state index in [0.29, 0.717) is 11.8 Å². The van der Waals surface area contributed by atoms with Gasteiger partial charge in [0.05, 0.1) is 6.10 Å². The molecule has 0 saturated heterocycles. The van der Waals surface area contributed by atoms with Crippen molar-refractivity contribution < 1.29 is 5.11 Å². The maximum absolute atomic E-state index is 10.1. The number of benzene rings is 1. The summed E-state index contributed by atoms with van der Waals surface area (Å²) in [6.07, 6.45) is 2.06. The van der Waals surface area contributed by atoms with Crippen molar-refractivity contribution in [3.63, 3.8) is 0 Å². The van der Waals surface area contributed by atoms with Gasteiger partial charge in [-0.1, -0.05) is 38.1 Å². The van der Waals surface area contributed by atoms with Crippen LogP contribution in [0.4, 0.5) is 0 Å². The summed E-state index contributed by atoms with van der Waals surface area (Å²) < 4.78 is 0. The summed E-state index contributed by atoms with van der Waals surface area (Å²) in [5.41, 5.74) is 2.80. The lowest BCUT2D eigenvalue weighted by Gasteiger charge is -2.22. The number of hydrogen-bond acceptors (Lipinski definition) is 1. The van der Waals surface area contributed by atoms with E-state index in [4.69, 9.17) is 0 Å². The van der Waals surface area contributed by atoms with Gasteiger partial charge in [-0.25, -0.2) is 0 Å². The van der Waals surface area contributed by atoms with Crippen LogP contribution in [0.25, 0.3) is 0 Å². The van der Waals surface area contributed by atoms with Gasteiger partial charge in [-0.3, -0.25) is 0 Å². The van der Waals surface area contributed by atoms with E-state index >= 15 is 0 Å². The van der Waals surface area contributed by atoms with E-state index in [1.165, 1.54) is 11.1 Å². The molecule has 0 radical (unpaired) electrons. The smallest absolute Gasteiger partial charge is 0.0631 e. The van der Waals surface area contributed by atoms with Crippen LogP contribution in [0.1, 0.15) is 37.3 Å². The lowest BCUT2D eigenvalue weighted by atomic mass is 9.89. The molecule has 2 rings (SSSR count). The van der Waals surface area contributed by atoms with E-state index in [2.05, 4.69) is 38.1 Å². The minimum Gasteiger partial charge on any atom is -0.392 e. The predicted molar refractivity (Wildman–Crippen MR) is 58.3 cm³/mol. The van der Waals surface area contributed by atoms with Crippen LogP contribution in [0.3, 0.4) is 0 Å². The van der Waals surface area contributed by atoms with Crippen molar-refractivity contribution >= 4 is 0 Å². The highest BCUT2D eigenvalue weighted by atomic mass is 16.3. The van der Waals surface area contributed by atoms with Crippen LogP contribution in [-0.2, 0) is 6.42 Å². The van der Waals surface area contributed by atoms with E-state index in [1.54, 1.807) is 0 Å². The van der Waals surface area contributed by atoms with Crippen molar-refractivity contribution in [2.24, 2.45) is 5.92 Å². The predicted octanol–water partition coefficient (Wildman–Crippen LogP) is 2.73. The first kappa shape index (κ1) is 9.72. The Kier molecular flexibility index (Phi) is 2.60. The Bertz CT molecular complexity index is 317. The molecule has 0 saturated carbocycles. The Balaban J connectivity index is 2.26. The van der Waals surface area contributed by atoms with E-state index in [-0.39, 0.29) is 6.10 Å². The minimum atomic E-state index is -0.182. The Morgan fingerprint density at radius 2 is 2.00 bits per heavy atom. The molecule has 0 spiro atoms. The molecule has 0 aromatic heterocycles. The average Bonchev–Trinajstić information content (AvgIpc) is 2.60. The fourth-order valence-electron chi connectivity index (χ4n) is 2.41. The summed E-state index contributed by atoms with van der Waals surface area (Å²) in [6.45, 7) is 4.18. The van der Waals surface area contributed by atoms with Gasteiger partial charge in [0.15, 0.2) is 0 Å². The molecule has 1 nitrogen and oxygen atoms in total. The second-order valence-electron chi connectivity index (χ2n) is 4.58. The third-order valence-corrected chi connectivity index (χ3v) is 3.27. The molecule has 0 bridgehead atoms. The van der Waals surface area contributed by atoms with E-state index in [9.17, 15) is 5.11 Å². The summed E-state index contributed by atoms with van der Waals surface area (Å²) >= 11 is 0. The Labute approximate surface area is 85.8 Å². The molecular formula is C13H18O. The molecule has 0 fully saturated rings. The van der Waals surface area contributed by atoms with Crippen LogP contribution in [0, 0.1) is 5.92 Å². The zero-order chi connectivity index (χ0) is 10.1. The molecule has 2 unspecified atom stereocenters. The minimum absolute atomic E-state index is 0.182. The normalized spacial score (nSPS) is 22.4. The zero-order valence-electron chi connectivity index (χ0n) is 8.90. The maximum atomic E-state index is 10.1. The third kappa shape index (κ3) is 1.57. The zero-order valence-corrected chi connectivity index (χ0v) is 8.90. The molecule has 1 aromatic rings. The summed E-state index contributed by atoms with van der Waals surface area (Å²) in [5, 5.41) is 10.1. The largest absolute Gasteiger partial charge is 0.392 e. The second-order valence-corrected chi connectivity index (χ2v) is 4.58. The molecule has 1 aliphatic rings. The van der Waals surface area contributed by atoms with Crippen LogP contribution in [0.5, 0.6) is 0 Å². The molecule has 0 heterocycles. The number of rotatable bonds is 2. The van der Waals surface area contributed by atoms with Crippen molar-refractivity contribution in [1.82, 2.24) is 0 Å². The molecular weight excluding hydrogens is 172 g/mol. The van der Waals surface area contributed by atoms with Gasteiger partial charge in [-0.15, -0.1) is 0 Å². The molecule has 1 aromatic carbocycles. The second kappa shape index (κ2) is 3.74. The van der Waals surface area contributed by atoms with Crippen molar-refractivity contribution in [3.8, 4) is 0 Å². The highest BCUT2D eigenvalue weighted by molar-refractivity contribution is 5.35. The maximum Gasteiger partial charge on any atom is 0.0631 e. The third-order valence-electron chi connectivity index (χ3n) is 3.27. The molecule has 1 N–H and O–H groups in total. The van der Waals surface area contributed by atoms with Gasteiger partial charge >= 0.3 is 0 Å². The number of fused-ring (bicyclic) bond motifs is 1. The molecule has 1 aliphatic carbocycles. The van der Waals surface area contributed by atoms with Crippen LogP contribution >= 0.6 is 0 Å². The summed E-state index contributed by atoms with van der Waals surface area (Å²) in [5.74, 6) is 0.720. The standard InChI is InChI=1S/C13H18O/c1-9(2)13(14)12-8-7-10-5-3-4-6-11(10)12/h3-6,9,12-14H,7-8H2,1-2H3. The van der Waals surface area contributed by atoms with Crippen LogP contribution in [0.15, 0.2) is 24.3 Å². The number of aliphatic hydroxyl groups excluding tert-OH is 1. The topological polar surface area (TPSA) is 20.2 Å². The molecule has 76 valence electrons. The van der Waals surface area contributed by atoms with Crippen molar-refractivity contribution in [2.45, 2.75) is 38.7 Å². The number of aryl methyl sites for hydroxylation is 1. The van der Waals surface area contributed by atoms with Crippen LogP contribution < -0.4 is 0 Å². The van der Waals surface area contributed by atoms with E-state index < -0.39 is 0 Å². The lowest BCUT2D eigenvalue weighted by molar-refractivity contribution is 0.0963. The van der Waals surface area contributed by atoms with Gasteiger partial charge in [-0.2, -0.15) is 0 Å². The van der Waals surface area contributed by atoms with Gasteiger partial charge in [0.25, 0.3) is 0 Å². The van der Waals surface area contributed by atoms with Gasteiger partial charge in [0.2, 0.25) is 0 Å². The van der Waals surface area contributed by atoms with Gasteiger partial charge < -0.3 is 5.11 Å². The van der Waals surface area contributed by atoms with E-state index in [1.807, 2.05) is 0 Å². The van der Waals surface area contributed by atoms with E-state index in [0.717, 1.165) is 12.8 Å². The van der Waals surface area contributed by atoms with Crippen molar-refractivity contribution in [3.05, 3.63) is 35.4 Å². The molecule has 14 heavy (non-hydrogen) atoms. The number of aliphatic hydroxyl groups is 1. The van der Waals surface area contributed by atoms with Crippen LogP contribution in [-0.4, -0.2) is 11.2 Å². The Hall–Kier alpha value is -0.820. The SMILES string of the molecule is CC(C)C(O)C1CCc2ccccc21. The molecule has 1 heteroatoms. The summed E-state index contributed by atoms with van der Waals surface area (Å²) in [7, 11) is 0. The fraction of sp³-hybridized carbons (Fsp3) is 0.538. The van der Waals surface area contributed by atoms with Crippen molar-refractivity contribution in [1.29, 1.82) is 0 Å². The fourth-order valence-corrected chi connectivity index (χ4v) is 2.41. The van der Waals surface area contributed by atoms with Gasteiger partial charge in [0.1, 0.15) is 0 Å². The molecule has 0 amide bonds. The Morgan fingerprint density at radius 3 is 2.71 bits per heavy atom. The number of hydrogen-bond donors (Lipinski definition) is 1. The van der Waals surface area contributed by atoms with Gasteiger partial charge in [-0.05, 0) is 29.9 Å². The van der Waals surface area contributed by atoms with Crippen LogP contribution in [0.2, 0.25) is 0 Å². The molecule has 0 aliphatic heterocycles. The first-order valence-electron chi connectivity index (χ1n) is 5.46. The summed E-state index contributed by atoms with van der Waals surface area (Å²) in [6, 6.07) is 8.51. The van der Waals surface area contributed by atoms with Crippen molar-refractivity contribution in [2.75, 3.05) is 0 Å². The summed E-state index contributed by atoms with van der Waals surface area (Å²) in [4.78, 5) is 0.